The van der Waals surface area contributed by atoms with Crippen LogP contribution in [-0.2, 0) is 12.8 Å². The lowest BCUT2D eigenvalue weighted by Gasteiger charge is -2.16. The van der Waals surface area contributed by atoms with Crippen molar-refractivity contribution in [2.24, 2.45) is 5.73 Å². The fourth-order valence-corrected chi connectivity index (χ4v) is 2.93. The normalized spacial score (nSPS) is 12.2. The van der Waals surface area contributed by atoms with Gasteiger partial charge in [-0.25, -0.2) is 0 Å². The van der Waals surface area contributed by atoms with Crippen LogP contribution >= 0.6 is 15.9 Å². The van der Waals surface area contributed by atoms with Gasteiger partial charge in [-0.3, -0.25) is 4.98 Å². The van der Waals surface area contributed by atoms with Crippen LogP contribution in [0.3, 0.4) is 0 Å². The highest BCUT2D eigenvalue weighted by Crippen LogP contribution is 2.29. The molecule has 0 amide bonds. The molecule has 0 aliphatic carbocycles. The second-order valence-corrected chi connectivity index (χ2v) is 6.23. The number of nitrogens with two attached hydrogens (primary N) is 1. The Labute approximate surface area is 134 Å². The number of aromatic nitrogens is 1. The summed E-state index contributed by atoms with van der Waals surface area (Å²) in [4.78, 5) is 4.31. The number of rotatable bonds is 6. The summed E-state index contributed by atoms with van der Waals surface area (Å²) in [6.45, 7) is 4.69. The first-order valence-electron chi connectivity index (χ1n) is 7.13. The Bertz CT molecular complexity index is 585. The molecular weight excluding hydrogens is 328 g/mol. The standard InChI is InChI=1S/C17H21BrN2O/c1-12-9-15(18)11-14(10-13(2)19)17(12)21-8-6-16-5-3-4-7-20-16/h3-5,7,9,11,13H,6,8,10,19H2,1-2H3. The van der Waals surface area contributed by atoms with Crippen LogP contribution in [0.4, 0.5) is 0 Å². The Morgan fingerprint density at radius 3 is 2.81 bits per heavy atom. The van der Waals surface area contributed by atoms with E-state index in [1.165, 1.54) is 0 Å². The minimum atomic E-state index is 0.108. The summed E-state index contributed by atoms with van der Waals surface area (Å²) < 4.78 is 7.07. The molecule has 112 valence electrons. The third kappa shape index (κ3) is 4.83. The SMILES string of the molecule is Cc1cc(Br)cc(CC(C)N)c1OCCc1ccccn1. The Kier molecular flexibility index (Phi) is 5.76. The topological polar surface area (TPSA) is 48.1 Å². The molecule has 2 aromatic rings. The maximum absolute atomic E-state index is 6.01. The summed E-state index contributed by atoms with van der Waals surface area (Å²) in [6.07, 6.45) is 3.41. The number of ether oxygens (including phenoxy) is 1. The zero-order valence-corrected chi connectivity index (χ0v) is 14.1. The summed E-state index contributed by atoms with van der Waals surface area (Å²) in [6, 6.07) is 10.2. The largest absolute Gasteiger partial charge is 0.493 e. The van der Waals surface area contributed by atoms with Crippen LogP contribution in [-0.4, -0.2) is 17.6 Å². The smallest absolute Gasteiger partial charge is 0.125 e. The lowest BCUT2D eigenvalue weighted by Crippen LogP contribution is -2.19. The Hall–Kier alpha value is -1.39. The molecule has 0 saturated carbocycles. The second-order valence-electron chi connectivity index (χ2n) is 5.31. The van der Waals surface area contributed by atoms with Gasteiger partial charge in [0.2, 0.25) is 0 Å². The molecular formula is C17H21BrN2O. The zero-order valence-electron chi connectivity index (χ0n) is 12.5. The van der Waals surface area contributed by atoms with Crippen molar-refractivity contribution in [3.8, 4) is 5.75 Å². The molecule has 1 atom stereocenters. The molecule has 0 aliphatic heterocycles. The number of pyridine rings is 1. The van der Waals surface area contributed by atoms with Gasteiger partial charge in [0, 0.05) is 28.8 Å². The first kappa shape index (κ1) is 16.0. The molecule has 4 heteroatoms. The summed E-state index contributed by atoms with van der Waals surface area (Å²) in [5.41, 5.74) is 9.25. The molecule has 0 radical (unpaired) electrons. The summed E-state index contributed by atoms with van der Waals surface area (Å²) >= 11 is 3.54. The van der Waals surface area contributed by atoms with E-state index in [1.807, 2.05) is 31.3 Å². The number of nitrogens with zero attached hydrogens (tertiary/aromatic N) is 1. The van der Waals surface area contributed by atoms with E-state index in [0.717, 1.165) is 39.9 Å². The monoisotopic (exact) mass is 348 g/mol. The second kappa shape index (κ2) is 7.57. The fourth-order valence-electron chi connectivity index (χ4n) is 2.31. The van der Waals surface area contributed by atoms with Crippen LogP contribution in [0.5, 0.6) is 5.75 Å². The van der Waals surface area contributed by atoms with Crippen LogP contribution in [0.2, 0.25) is 0 Å². The van der Waals surface area contributed by atoms with Gasteiger partial charge in [0.1, 0.15) is 5.75 Å². The van der Waals surface area contributed by atoms with E-state index in [0.29, 0.717) is 6.61 Å². The number of hydrogen-bond acceptors (Lipinski definition) is 3. The Morgan fingerprint density at radius 1 is 1.33 bits per heavy atom. The Morgan fingerprint density at radius 2 is 2.14 bits per heavy atom. The van der Waals surface area contributed by atoms with Crippen molar-refractivity contribution < 1.29 is 4.74 Å². The lowest BCUT2D eigenvalue weighted by atomic mass is 10.0. The van der Waals surface area contributed by atoms with E-state index in [1.54, 1.807) is 0 Å². The molecule has 1 aromatic carbocycles. The van der Waals surface area contributed by atoms with E-state index in [2.05, 4.69) is 40.0 Å². The lowest BCUT2D eigenvalue weighted by molar-refractivity contribution is 0.314. The van der Waals surface area contributed by atoms with Crippen molar-refractivity contribution >= 4 is 15.9 Å². The first-order chi connectivity index (χ1) is 10.1. The highest BCUT2D eigenvalue weighted by Gasteiger charge is 2.11. The summed E-state index contributed by atoms with van der Waals surface area (Å²) in [7, 11) is 0. The molecule has 0 fully saturated rings. The number of benzene rings is 1. The predicted octanol–water partition coefficient (Wildman–Crippen LogP) is 3.66. The molecule has 3 nitrogen and oxygen atoms in total. The van der Waals surface area contributed by atoms with Crippen molar-refractivity contribution in [1.29, 1.82) is 0 Å². The number of hydrogen-bond donors (Lipinski definition) is 1. The fraction of sp³-hybridized carbons (Fsp3) is 0.353. The summed E-state index contributed by atoms with van der Waals surface area (Å²) in [5, 5.41) is 0. The van der Waals surface area contributed by atoms with Crippen LogP contribution in [0.1, 0.15) is 23.7 Å². The van der Waals surface area contributed by atoms with Crippen LogP contribution in [0, 0.1) is 6.92 Å². The molecule has 1 aromatic heterocycles. The van der Waals surface area contributed by atoms with E-state index >= 15 is 0 Å². The minimum Gasteiger partial charge on any atom is -0.493 e. The molecule has 1 heterocycles. The first-order valence-corrected chi connectivity index (χ1v) is 7.93. The molecule has 21 heavy (non-hydrogen) atoms. The maximum Gasteiger partial charge on any atom is 0.125 e. The van der Waals surface area contributed by atoms with Gasteiger partial charge in [0.05, 0.1) is 6.61 Å². The summed E-state index contributed by atoms with van der Waals surface area (Å²) in [5.74, 6) is 0.950. The van der Waals surface area contributed by atoms with Gasteiger partial charge in [0.15, 0.2) is 0 Å². The minimum absolute atomic E-state index is 0.108. The Balaban J connectivity index is 2.08. The van der Waals surface area contributed by atoms with Crippen molar-refractivity contribution in [3.63, 3.8) is 0 Å². The maximum atomic E-state index is 6.01. The quantitative estimate of drug-likeness (QED) is 0.866. The molecule has 1 unspecified atom stereocenters. The van der Waals surface area contributed by atoms with Crippen LogP contribution in [0.25, 0.3) is 0 Å². The van der Waals surface area contributed by atoms with Gasteiger partial charge in [-0.05, 0) is 55.7 Å². The van der Waals surface area contributed by atoms with E-state index in [4.69, 9.17) is 10.5 Å². The van der Waals surface area contributed by atoms with Crippen molar-refractivity contribution in [2.45, 2.75) is 32.7 Å². The molecule has 0 bridgehead atoms. The van der Waals surface area contributed by atoms with Crippen molar-refractivity contribution in [3.05, 3.63) is 57.8 Å². The molecule has 0 saturated heterocycles. The van der Waals surface area contributed by atoms with Crippen molar-refractivity contribution in [1.82, 2.24) is 4.98 Å². The van der Waals surface area contributed by atoms with Crippen LogP contribution in [0.15, 0.2) is 41.0 Å². The predicted molar refractivity (Wildman–Crippen MR) is 89.7 cm³/mol. The van der Waals surface area contributed by atoms with E-state index in [9.17, 15) is 0 Å². The van der Waals surface area contributed by atoms with E-state index < -0.39 is 0 Å². The third-order valence-corrected chi connectivity index (χ3v) is 3.65. The molecule has 0 aliphatic rings. The van der Waals surface area contributed by atoms with Crippen molar-refractivity contribution in [2.75, 3.05) is 6.61 Å². The third-order valence-electron chi connectivity index (χ3n) is 3.19. The van der Waals surface area contributed by atoms with Gasteiger partial charge in [-0.1, -0.05) is 22.0 Å². The van der Waals surface area contributed by atoms with Crippen LogP contribution < -0.4 is 10.5 Å². The highest BCUT2D eigenvalue weighted by molar-refractivity contribution is 9.10. The van der Waals surface area contributed by atoms with Gasteiger partial charge >= 0.3 is 0 Å². The number of aryl methyl sites for hydroxylation is 1. The highest BCUT2D eigenvalue weighted by atomic mass is 79.9. The number of halogens is 1. The molecule has 2 N–H and O–H groups in total. The van der Waals surface area contributed by atoms with Gasteiger partial charge < -0.3 is 10.5 Å². The van der Waals surface area contributed by atoms with E-state index in [-0.39, 0.29) is 6.04 Å². The molecule has 0 spiro atoms. The van der Waals surface area contributed by atoms with Gasteiger partial charge in [-0.2, -0.15) is 0 Å². The van der Waals surface area contributed by atoms with Gasteiger partial charge in [-0.15, -0.1) is 0 Å². The average Bonchev–Trinajstić information content (AvgIpc) is 2.42. The average molecular weight is 349 g/mol. The van der Waals surface area contributed by atoms with Gasteiger partial charge in [0.25, 0.3) is 0 Å². The zero-order chi connectivity index (χ0) is 15.2. The molecule has 2 rings (SSSR count).